The molecule has 0 N–H and O–H groups in total. The fraction of sp³-hybridized carbons (Fsp3) is 0. The first-order valence-corrected chi connectivity index (χ1v) is 17.6. The van der Waals surface area contributed by atoms with Crippen molar-refractivity contribution in [3.63, 3.8) is 0 Å². The lowest BCUT2D eigenvalue weighted by molar-refractivity contribution is 1.17. The molecule has 0 bridgehead atoms. The molecule has 0 aliphatic heterocycles. The maximum Gasteiger partial charge on any atom is 0.0548 e. The van der Waals surface area contributed by atoms with Gasteiger partial charge in [0.05, 0.1) is 22.1 Å². The lowest BCUT2D eigenvalue weighted by Crippen LogP contribution is -1.95. The number of fused-ring (bicyclic) bond motifs is 11. The maximum absolute atomic E-state index is 2.46. The Bertz CT molecular complexity index is 3120. The molecule has 0 saturated heterocycles. The van der Waals surface area contributed by atoms with E-state index in [-0.39, 0.29) is 0 Å². The van der Waals surface area contributed by atoms with Crippen molar-refractivity contribution >= 4 is 85.9 Å². The van der Waals surface area contributed by atoms with Gasteiger partial charge in [0, 0.05) is 53.1 Å². The second-order valence-electron chi connectivity index (χ2n) is 12.9. The van der Waals surface area contributed by atoms with Gasteiger partial charge in [-0.1, -0.05) is 109 Å². The van der Waals surface area contributed by atoms with Crippen LogP contribution in [0, 0.1) is 0 Å². The van der Waals surface area contributed by atoms with Gasteiger partial charge in [0.2, 0.25) is 0 Å². The molecule has 0 radical (unpaired) electrons. The SMILES string of the molecule is c1cc(-c2cccc3sc4ccccc4c23)cc(-n2c3ccccc3c3c4c5ccccc5n(-c5ccc6ccccc6c5)c4ccc32)c1. The van der Waals surface area contributed by atoms with Gasteiger partial charge in [-0.3, -0.25) is 0 Å². The Morgan fingerprint density at radius 1 is 0.347 bits per heavy atom. The number of para-hydroxylation sites is 2. The van der Waals surface area contributed by atoms with E-state index in [1.807, 2.05) is 11.3 Å². The number of nitrogens with zero attached hydrogens (tertiary/aromatic N) is 2. The highest BCUT2D eigenvalue weighted by Crippen LogP contribution is 2.44. The largest absolute Gasteiger partial charge is 0.309 e. The molecule has 0 spiro atoms. The van der Waals surface area contributed by atoms with Crippen LogP contribution < -0.4 is 0 Å². The Balaban J connectivity index is 1.20. The molecule has 8 aromatic carbocycles. The van der Waals surface area contributed by atoms with Crippen LogP contribution in [0.15, 0.2) is 170 Å². The number of benzene rings is 8. The average Bonchev–Trinajstić information content (AvgIpc) is 3.82. The number of hydrogen-bond acceptors (Lipinski definition) is 1. The molecule has 0 atom stereocenters. The summed E-state index contributed by atoms with van der Waals surface area (Å²) in [6, 6.07) is 62.4. The van der Waals surface area contributed by atoms with Gasteiger partial charge in [-0.05, 0) is 82.6 Å². The molecule has 3 heterocycles. The predicted molar refractivity (Wildman–Crippen MR) is 211 cm³/mol. The van der Waals surface area contributed by atoms with Gasteiger partial charge < -0.3 is 9.13 Å². The molecule has 11 rings (SSSR count). The monoisotopic (exact) mass is 640 g/mol. The highest BCUT2D eigenvalue weighted by atomic mass is 32.1. The van der Waals surface area contributed by atoms with Crippen molar-refractivity contribution in [2.45, 2.75) is 0 Å². The van der Waals surface area contributed by atoms with E-state index in [4.69, 9.17) is 0 Å². The van der Waals surface area contributed by atoms with Gasteiger partial charge in [0.1, 0.15) is 0 Å². The molecule has 0 aliphatic carbocycles. The Morgan fingerprint density at radius 3 is 1.69 bits per heavy atom. The summed E-state index contributed by atoms with van der Waals surface area (Å²) in [6.07, 6.45) is 0. The second-order valence-corrected chi connectivity index (χ2v) is 14.0. The number of thiophene rings is 1. The van der Waals surface area contributed by atoms with Gasteiger partial charge in [-0.15, -0.1) is 11.3 Å². The first kappa shape index (κ1) is 26.9. The fourth-order valence-electron chi connectivity index (χ4n) is 8.22. The molecule has 0 unspecified atom stereocenters. The molecular formula is C46H28N2S. The molecule has 2 nitrogen and oxygen atoms in total. The topological polar surface area (TPSA) is 9.86 Å². The molecular weight excluding hydrogens is 613 g/mol. The molecule has 49 heavy (non-hydrogen) atoms. The van der Waals surface area contributed by atoms with Crippen LogP contribution in [0.3, 0.4) is 0 Å². The van der Waals surface area contributed by atoms with E-state index in [9.17, 15) is 0 Å². The third kappa shape index (κ3) is 3.82. The van der Waals surface area contributed by atoms with Crippen molar-refractivity contribution in [1.29, 1.82) is 0 Å². The maximum atomic E-state index is 2.46. The Labute approximate surface area is 286 Å². The predicted octanol–water partition coefficient (Wildman–Crippen LogP) is 13.1. The van der Waals surface area contributed by atoms with Crippen LogP contribution in [0.4, 0.5) is 0 Å². The summed E-state index contributed by atoms with van der Waals surface area (Å²) in [6.45, 7) is 0. The van der Waals surface area contributed by atoms with E-state index in [0.29, 0.717) is 0 Å². The van der Waals surface area contributed by atoms with Crippen molar-refractivity contribution in [1.82, 2.24) is 9.13 Å². The van der Waals surface area contributed by atoms with Crippen LogP contribution in [-0.4, -0.2) is 9.13 Å². The van der Waals surface area contributed by atoms with Crippen molar-refractivity contribution in [2.24, 2.45) is 0 Å². The minimum absolute atomic E-state index is 1.16. The second kappa shape index (κ2) is 10.2. The first-order valence-electron chi connectivity index (χ1n) is 16.8. The van der Waals surface area contributed by atoms with E-state index >= 15 is 0 Å². The third-order valence-electron chi connectivity index (χ3n) is 10.3. The highest BCUT2D eigenvalue weighted by molar-refractivity contribution is 7.25. The summed E-state index contributed by atoms with van der Waals surface area (Å²) in [5.74, 6) is 0. The molecule has 3 aromatic heterocycles. The molecule has 0 saturated carbocycles. The van der Waals surface area contributed by atoms with E-state index in [0.717, 1.165) is 5.69 Å². The molecule has 3 heteroatoms. The molecule has 11 aromatic rings. The average molecular weight is 641 g/mol. The molecule has 228 valence electrons. The zero-order chi connectivity index (χ0) is 32.1. The van der Waals surface area contributed by atoms with E-state index in [1.54, 1.807) is 0 Å². The molecule has 0 aliphatic rings. The van der Waals surface area contributed by atoms with Crippen molar-refractivity contribution in [3.05, 3.63) is 170 Å². The summed E-state index contributed by atoms with van der Waals surface area (Å²) in [5.41, 5.74) is 9.71. The van der Waals surface area contributed by atoms with Crippen LogP contribution in [0.5, 0.6) is 0 Å². The quantitative estimate of drug-likeness (QED) is 0.182. The standard InChI is InChI=1S/C46H28N2S/c1-2-12-30-27-33(24-23-29(30)11-1)48-39-20-7-4-16-36(39)46-41(48)26-25-40-45(46)35-15-3-6-19-38(35)47(40)32-14-9-13-31(28-32)34-18-10-22-43-44(34)37-17-5-8-21-42(37)49-43/h1-28H. The number of rotatable bonds is 3. The Morgan fingerprint density at radius 2 is 0.939 bits per heavy atom. The Kier molecular flexibility index (Phi) is 5.57. The lowest BCUT2D eigenvalue weighted by atomic mass is 9.99. The van der Waals surface area contributed by atoms with Crippen molar-refractivity contribution in [2.75, 3.05) is 0 Å². The first-order chi connectivity index (χ1) is 24.3. The summed E-state index contributed by atoms with van der Waals surface area (Å²) < 4.78 is 7.55. The van der Waals surface area contributed by atoms with Gasteiger partial charge in [0.25, 0.3) is 0 Å². The summed E-state index contributed by atoms with van der Waals surface area (Å²) in [4.78, 5) is 0. The summed E-state index contributed by atoms with van der Waals surface area (Å²) >= 11 is 1.87. The minimum Gasteiger partial charge on any atom is -0.309 e. The van der Waals surface area contributed by atoms with Gasteiger partial charge >= 0.3 is 0 Å². The number of hydrogen-bond donors (Lipinski definition) is 0. The highest BCUT2D eigenvalue weighted by Gasteiger charge is 2.21. The third-order valence-corrected chi connectivity index (χ3v) is 11.4. The minimum atomic E-state index is 1.16. The molecule has 0 fully saturated rings. The van der Waals surface area contributed by atoms with Crippen LogP contribution in [0.25, 0.3) is 97.1 Å². The normalized spacial score (nSPS) is 12.1. The summed E-state index contributed by atoms with van der Waals surface area (Å²) in [5, 5.41) is 10.3. The smallest absolute Gasteiger partial charge is 0.0548 e. The van der Waals surface area contributed by atoms with Crippen LogP contribution in [0.2, 0.25) is 0 Å². The molecule has 0 amide bonds. The van der Waals surface area contributed by atoms with Crippen molar-refractivity contribution in [3.8, 4) is 22.5 Å². The summed E-state index contributed by atoms with van der Waals surface area (Å²) in [7, 11) is 0. The fourth-order valence-corrected chi connectivity index (χ4v) is 9.35. The number of aromatic nitrogens is 2. The van der Waals surface area contributed by atoms with Crippen LogP contribution >= 0.6 is 11.3 Å². The Hall–Kier alpha value is -6.16. The van der Waals surface area contributed by atoms with Crippen LogP contribution in [0.1, 0.15) is 0 Å². The van der Waals surface area contributed by atoms with E-state index in [1.165, 1.54) is 91.4 Å². The van der Waals surface area contributed by atoms with Gasteiger partial charge in [-0.2, -0.15) is 0 Å². The van der Waals surface area contributed by atoms with Crippen molar-refractivity contribution < 1.29 is 0 Å². The zero-order valence-corrected chi connectivity index (χ0v) is 27.3. The lowest BCUT2D eigenvalue weighted by Gasteiger charge is -2.12. The van der Waals surface area contributed by atoms with Gasteiger partial charge in [0.15, 0.2) is 0 Å². The van der Waals surface area contributed by atoms with E-state index in [2.05, 4.69) is 179 Å². The van der Waals surface area contributed by atoms with Crippen LogP contribution in [-0.2, 0) is 0 Å². The van der Waals surface area contributed by atoms with Gasteiger partial charge in [-0.25, -0.2) is 0 Å². The van der Waals surface area contributed by atoms with E-state index < -0.39 is 0 Å². The zero-order valence-electron chi connectivity index (χ0n) is 26.5.